The van der Waals surface area contributed by atoms with Crippen LogP contribution < -0.4 is 9.47 Å². The zero-order valence-electron chi connectivity index (χ0n) is 10.4. The highest BCUT2D eigenvalue weighted by Gasteiger charge is 2.43. The number of hydrogen-bond acceptors (Lipinski definition) is 4. The van der Waals surface area contributed by atoms with Crippen LogP contribution in [0.4, 0.5) is 13.2 Å². The van der Waals surface area contributed by atoms with Crippen molar-refractivity contribution >= 4 is 21.7 Å². The Morgan fingerprint density at radius 2 is 2.00 bits per heavy atom. The molecule has 1 unspecified atom stereocenters. The molecule has 0 aliphatic carbocycles. The highest BCUT2D eigenvalue weighted by Crippen LogP contribution is 2.43. The standard InChI is InChI=1S/C12H10BrF3O4/c1-11(2)10(13)9(18)5-3-8(20-12(14,15)16)6(17)4-7(5)19-11/h3-4,10,17H,1-2H3. The van der Waals surface area contributed by atoms with Crippen LogP contribution in [0.1, 0.15) is 24.2 Å². The number of Topliss-reactive ketones (excluding diaryl/α,β-unsaturated/α-hetero) is 1. The van der Waals surface area contributed by atoms with E-state index in [4.69, 9.17) is 4.74 Å². The zero-order chi connectivity index (χ0) is 15.3. The van der Waals surface area contributed by atoms with E-state index in [2.05, 4.69) is 20.7 Å². The van der Waals surface area contributed by atoms with Crippen LogP contribution in [0.3, 0.4) is 0 Å². The van der Waals surface area contributed by atoms with Crippen LogP contribution in [0.25, 0.3) is 0 Å². The van der Waals surface area contributed by atoms with Crippen LogP contribution in [-0.2, 0) is 0 Å². The normalized spacial score (nSPS) is 21.1. The van der Waals surface area contributed by atoms with Crippen molar-refractivity contribution in [3.63, 3.8) is 0 Å². The van der Waals surface area contributed by atoms with Crippen LogP contribution in [0.15, 0.2) is 12.1 Å². The van der Waals surface area contributed by atoms with Gasteiger partial charge in [-0.25, -0.2) is 0 Å². The summed E-state index contributed by atoms with van der Waals surface area (Å²) in [4.78, 5) is 11.4. The van der Waals surface area contributed by atoms with Crippen LogP contribution >= 0.6 is 15.9 Å². The Morgan fingerprint density at radius 3 is 2.55 bits per heavy atom. The second kappa shape index (κ2) is 4.54. The number of aromatic hydroxyl groups is 1. The fourth-order valence-electron chi connectivity index (χ4n) is 1.82. The van der Waals surface area contributed by atoms with Crippen molar-refractivity contribution in [2.24, 2.45) is 0 Å². The van der Waals surface area contributed by atoms with Gasteiger partial charge >= 0.3 is 6.36 Å². The first kappa shape index (κ1) is 15.0. The third-order valence-electron chi connectivity index (χ3n) is 2.77. The lowest BCUT2D eigenvalue weighted by molar-refractivity contribution is -0.275. The summed E-state index contributed by atoms with van der Waals surface area (Å²) in [5, 5.41) is 9.52. The molecule has 110 valence electrons. The van der Waals surface area contributed by atoms with Crippen LogP contribution in [0.2, 0.25) is 0 Å². The van der Waals surface area contributed by atoms with Gasteiger partial charge in [0, 0.05) is 6.07 Å². The number of alkyl halides is 4. The predicted molar refractivity (Wildman–Crippen MR) is 66.5 cm³/mol. The fraction of sp³-hybridized carbons (Fsp3) is 0.417. The molecule has 8 heteroatoms. The molecule has 1 aliphatic rings. The van der Waals surface area contributed by atoms with Gasteiger partial charge in [0.1, 0.15) is 16.2 Å². The van der Waals surface area contributed by atoms with E-state index in [1.165, 1.54) is 0 Å². The molecule has 0 fully saturated rings. The van der Waals surface area contributed by atoms with Crippen molar-refractivity contribution in [1.29, 1.82) is 0 Å². The molecule has 1 N–H and O–H groups in total. The Labute approximate surface area is 120 Å². The fourth-order valence-corrected chi connectivity index (χ4v) is 2.16. The maximum absolute atomic E-state index is 12.2. The predicted octanol–water partition coefficient (Wildman–Crippen LogP) is 3.41. The lowest BCUT2D eigenvalue weighted by Crippen LogP contribution is -2.46. The SMILES string of the molecule is CC1(C)Oc2cc(O)c(OC(F)(F)F)cc2C(=O)C1Br. The molecule has 1 atom stereocenters. The first-order valence-corrected chi connectivity index (χ1v) is 6.43. The highest BCUT2D eigenvalue weighted by atomic mass is 79.9. The lowest BCUT2D eigenvalue weighted by atomic mass is 9.92. The van der Waals surface area contributed by atoms with Gasteiger partial charge in [-0.1, -0.05) is 15.9 Å². The maximum Gasteiger partial charge on any atom is 0.573 e. The second-order valence-corrected chi connectivity index (χ2v) is 5.71. The average Bonchev–Trinajstić information content (AvgIpc) is 2.27. The number of hydrogen-bond donors (Lipinski definition) is 1. The van der Waals surface area contributed by atoms with Gasteiger partial charge in [0.25, 0.3) is 0 Å². The number of benzene rings is 1. The van der Waals surface area contributed by atoms with Gasteiger partial charge in [-0.05, 0) is 19.9 Å². The molecule has 2 rings (SSSR count). The third kappa shape index (κ3) is 2.70. The summed E-state index contributed by atoms with van der Waals surface area (Å²) >= 11 is 3.15. The molecule has 1 aliphatic heterocycles. The van der Waals surface area contributed by atoms with E-state index in [1.54, 1.807) is 13.8 Å². The molecule has 0 saturated carbocycles. The summed E-state index contributed by atoms with van der Waals surface area (Å²) in [5.74, 6) is -2.02. The maximum atomic E-state index is 12.2. The number of carbonyl (C=O) groups excluding carboxylic acids is 1. The summed E-state index contributed by atoms with van der Waals surface area (Å²) < 4.78 is 45.7. The topological polar surface area (TPSA) is 55.8 Å². The molecule has 1 aromatic rings. The highest BCUT2D eigenvalue weighted by molar-refractivity contribution is 9.10. The van der Waals surface area contributed by atoms with Gasteiger partial charge in [-0.15, -0.1) is 13.2 Å². The Morgan fingerprint density at radius 1 is 1.40 bits per heavy atom. The molecule has 20 heavy (non-hydrogen) atoms. The Hall–Kier alpha value is -1.44. The molecule has 0 aromatic heterocycles. The van der Waals surface area contributed by atoms with Crippen molar-refractivity contribution in [3.8, 4) is 17.2 Å². The van der Waals surface area contributed by atoms with Crippen molar-refractivity contribution in [2.75, 3.05) is 0 Å². The summed E-state index contributed by atoms with van der Waals surface area (Å²) in [6.45, 7) is 3.29. The number of ether oxygens (including phenoxy) is 2. The van der Waals surface area contributed by atoms with Gasteiger partial charge in [0.05, 0.1) is 5.56 Å². The third-order valence-corrected chi connectivity index (χ3v) is 4.28. The average molecular weight is 355 g/mol. The molecule has 0 radical (unpaired) electrons. The van der Waals surface area contributed by atoms with E-state index in [9.17, 15) is 23.1 Å². The summed E-state index contributed by atoms with van der Waals surface area (Å²) in [5.41, 5.74) is -0.966. The van der Waals surface area contributed by atoms with Crippen molar-refractivity contribution < 1.29 is 32.5 Å². The van der Waals surface area contributed by atoms with Gasteiger partial charge in [0.2, 0.25) is 0 Å². The summed E-state index contributed by atoms with van der Waals surface area (Å²) in [6.07, 6.45) is -4.96. The first-order chi connectivity index (χ1) is 9.01. The monoisotopic (exact) mass is 354 g/mol. The molecule has 0 bridgehead atoms. The second-order valence-electron chi connectivity index (χ2n) is 4.80. The van der Waals surface area contributed by atoms with E-state index in [1.807, 2.05) is 0 Å². The minimum atomic E-state index is -4.96. The van der Waals surface area contributed by atoms with Crippen molar-refractivity contribution in [1.82, 2.24) is 0 Å². The van der Waals surface area contributed by atoms with E-state index >= 15 is 0 Å². The van der Waals surface area contributed by atoms with E-state index in [0.717, 1.165) is 12.1 Å². The van der Waals surface area contributed by atoms with Crippen LogP contribution in [0, 0.1) is 0 Å². The van der Waals surface area contributed by atoms with E-state index < -0.39 is 34.1 Å². The molecule has 4 nitrogen and oxygen atoms in total. The Kier molecular flexibility index (Phi) is 3.40. The molecule has 1 aromatic carbocycles. The van der Waals surface area contributed by atoms with E-state index in [0.29, 0.717) is 0 Å². The number of halogens is 4. The smallest absolute Gasteiger partial charge is 0.504 e. The molecular formula is C12H10BrF3O4. The number of phenolic OH excluding ortho intramolecular Hbond substituents is 1. The van der Waals surface area contributed by atoms with Crippen LogP contribution in [0.5, 0.6) is 17.2 Å². The quantitative estimate of drug-likeness (QED) is 0.785. The minimum Gasteiger partial charge on any atom is -0.504 e. The minimum absolute atomic E-state index is 0.0164. The molecule has 0 saturated heterocycles. The number of phenols is 1. The number of carbonyl (C=O) groups is 1. The Balaban J connectivity index is 2.49. The van der Waals surface area contributed by atoms with Crippen molar-refractivity contribution in [2.45, 2.75) is 30.6 Å². The van der Waals surface area contributed by atoms with E-state index in [-0.39, 0.29) is 11.3 Å². The number of ketones is 1. The molecule has 0 spiro atoms. The zero-order valence-corrected chi connectivity index (χ0v) is 12.0. The van der Waals surface area contributed by atoms with Gasteiger partial charge < -0.3 is 14.6 Å². The first-order valence-electron chi connectivity index (χ1n) is 5.51. The summed E-state index contributed by atoms with van der Waals surface area (Å²) in [6, 6.07) is 1.76. The van der Waals surface area contributed by atoms with Gasteiger partial charge in [0.15, 0.2) is 17.3 Å². The molecule has 0 amide bonds. The Bertz CT molecular complexity index is 569. The lowest BCUT2D eigenvalue weighted by Gasteiger charge is -2.36. The molecule has 1 heterocycles. The van der Waals surface area contributed by atoms with Crippen LogP contribution in [-0.4, -0.2) is 27.7 Å². The summed E-state index contributed by atoms with van der Waals surface area (Å²) in [7, 11) is 0. The number of rotatable bonds is 1. The number of fused-ring (bicyclic) bond motifs is 1. The van der Waals surface area contributed by atoms with Gasteiger partial charge in [-0.2, -0.15) is 0 Å². The van der Waals surface area contributed by atoms with Gasteiger partial charge in [-0.3, -0.25) is 4.79 Å². The van der Waals surface area contributed by atoms with Crippen molar-refractivity contribution in [3.05, 3.63) is 17.7 Å². The molecular weight excluding hydrogens is 345 g/mol. The largest absolute Gasteiger partial charge is 0.573 e.